The van der Waals surface area contributed by atoms with E-state index < -0.39 is 24.2 Å². The number of amides is 1. The number of nitrogens with zero attached hydrogens (tertiary/aromatic N) is 2. The van der Waals surface area contributed by atoms with Crippen molar-refractivity contribution in [2.75, 3.05) is 7.05 Å². The largest absolute Gasteiger partial charge is 0.416 e. The molecule has 128 valence electrons. The Kier molecular flexibility index (Phi) is 5.90. The minimum atomic E-state index is -3.14. The zero-order chi connectivity index (χ0) is 17.9. The Morgan fingerprint density at radius 3 is 2.58 bits per heavy atom. The van der Waals surface area contributed by atoms with Crippen LogP contribution in [0, 0.1) is 5.82 Å². The van der Waals surface area contributed by atoms with Crippen LogP contribution in [0.15, 0.2) is 30.5 Å². The first-order chi connectivity index (χ1) is 11.3. The third-order valence-electron chi connectivity index (χ3n) is 2.94. The van der Waals surface area contributed by atoms with Crippen LogP contribution in [0.3, 0.4) is 0 Å². The van der Waals surface area contributed by atoms with Crippen LogP contribution in [-0.2, 0) is 6.54 Å². The quantitative estimate of drug-likeness (QED) is 0.774. The van der Waals surface area contributed by atoms with E-state index in [4.69, 9.17) is 23.2 Å². The summed E-state index contributed by atoms with van der Waals surface area (Å²) in [6, 6.07) is 5.00. The van der Waals surface area contributed by atoms with Crippen LogP contribution >= 0.6 is 23.2 Å². The van der Waals surface area contributed by atoms with Crippen LogP contribution in [0.2, 0.25) is 10.0 Å². The van der Waals surface area contributed by atoms with Gasteiger partial charge in [0.2, 0.25) is 5.88 Å². The van der Waals surface area contributed by atoms with Gasteiger partial charge in [-0.05, 0) is 29.8 Å². The summed E-state index contributed by atoms with van der Waals surface area (Å²) in [5.41, 5.74) is 0.204. The van der Waals surface area contributed by atoms with E-state index in [-0.39, 0.29) is 22.2 Å². The molecule has 1 aromatic carbocycles. The number of halogens is 5. The van der Waals surface area contributed by atoms with E-state index in [1.54, 1.807) is 0 Å². The summed E-state index contributed by atoms with van der Waals surface area (Å²) in [6.45, 7) is -3.14. The lowest BCUT2D eigenvalue weighted by molar-refractivity contribution is -0.0533. The predicted molar refractivity (Wildman–Crippen MR) is 83.1 cm³/mol. The first-order valence-corrected chi connectivity index (χ1v) is 7.32. The summed E-state index contributed by atoms with van der Waals surface area (Å²) in [4.78, 5) is 17.2. The Morgan fingerprint density at radius 2 is 1.96 bits per heavy atom. The minimum absolute atomic E-state index is 0.00303. The molecule has 0 bridgehead atoms. The molecule has 0 fully saturated rings. The monoisotopic (exact) mass is 378 g/mol. The molecule has 1 aromatic heterocycles. The predicted octanol–water partition coefficient (Wildman–Crippen LogP) is 4.40. The Morgan fingerprint density at radius 1 is 1.25 bits per heavy atom. The van der Waals surface area contributed by atoms with Gasteiger partial charge in [-0.25, -0.2) is 9.37 Å². The Labute approximate surface area is 145 Å². The van der Waals surface area contributed by atoms with Crippen molar-refractivity contribution in [3.63, 3.8) is 0 Å². The number of aromatic nitrogens is 1. The van der Waals surface area contributed by atoms with E-state index in [1.807, 2.05) is 0 Å². The SMILES string of the molecule is CN(Cc1cc(F)cc(Cl)c1)C(=O)c1cc(Cl)cnc1OC(F)F. The maximum atomic E-state index is 13.3. The van der Waals surface area contributed by atoms with E-state index in [0.29, 0.717) is 5.56 Å². The van der Waals surface area contributed by atoms with Crippen molar-refractivity contribution in [1.82, 2.24) is 9.88 Å². The van der Waals surface area contributed by atoms with Gasteiger partial charge in [0, 0.05) is 24.8 Å². The Balaban J connectivity index is 2.25. The van der Waals surface area contributed by atoms with Crippen molar-refractivity contribution >= 4 is 29.1 Å². The van der Waals surface area contributed by atoms with Gasteiger partial charge in [-0.3, -0.25) is 4.79 Å². The molecule has 4 nitrogen and oxygen atoms in total. The molecule has 2 rings (SSSR count). The van der Waals surface area contributed by atoms with Gasteiger partial charge < -0.3 is 9.64 Å². The van der Waals surface area contributed by atoms with Gasteiger partial charge in [0.05, 0.1) is 5.02 Å². The van der Waals surface area contributed by atoms with E-state index in [9.17, 15) is 18.0 Å². The van der Waals surface area contributed by atoms with Crippen molar-refractivity contribution in [1.29, 1.82) is 0 Å². The molecule has 1 heterocycles. The van der Waals surface area contributed by atoms with Gasteiger partial charge in [0.1, 0.15) is 11.4 Å². The molecule has 0 saturated heterocycles. The fourth-order valence-electron chi connectivity index (χ4n) is 2.01. The van der Waals surface area contributed by atoms with Gasteiger partial charge in [0.25, 0.3) is 5.91 Å². The summed E-state index contributed by atoms with van der Waals surface area (Å²) in [5, 5.41) is 0.263. The maximum absolute atomic E-state index is 13.3. The van der Waals surface area contributed by atoms with Crippen molar-refractivity contribution in [3.05, 3.63) is 57.5 Å². The summed E-state index contributed by atoms with van der Waals surface area (Å²) in [6.07, 6.45) is 1.09. The lowest BCUT2D eigenvalue weighted by atomic mass is 10.2. The van der Waals surface area contributed by atoms with E-state index in [2.05, 4.69) is 9.72 Å². The van der Waals surface area contributed by atoms with Crippen LogP contribution in [0.1, 0.15) is 15.9 Å². The number of carbonyl (C=O) groups excluding carboxylic acids is 1. The van der Waals surface area contributed by atoms with E-state index in [1.165, 1.54) is 30.1 Å². The van der Waals surface area contributed by atoms with Gasteiger partial charge in [-0.1, -0.05) is 23.2 Å². The standard InChI is InChI=1S/C15H11Cl2F3N2O2/c1-22(7-8-2-9(16)4-11(18)3-8)14(23)12-5-10(17)6-21-13(12)24-15(19)20/h2-6,15H,7H2,1H3. The number of hydrogen-bond donors (Lipinski definition) is 0. The number of rotatable bonds is 5. The summed E-state index contributed by atoms with van der Waals surface area (Å²) >= 11 is 11.5. The average Bonchev–Trinajstić information content (AvgIpc) is 2.46. The molecule has 0 aliphatic carbocycles. The smallest absolute Gasteiger partial charge is 0.388 e. The topological polar surface area (TPSA) is 42.4 Å². The lowest BCUT2D eigenvalue weighted by Crippen LogP contribution is -2.27. The average molecular weight is 379 g/mol. The van der Waals surface area contributed by atoms with Gasteiger partial charge >= 0.3 is 6.61 Å². The van der Waals surface area contributed by atoms with Crippen molar-refractivity contribution in [2.45, 2.75) is 13.2 Å². The normalized spacial score (nSPS) is 10.8. The number of alkyl halides is 2. The molecule has 1 amide bonds. The zero-order valence-corrected chi connectivity index (χ0v) is 13.8. The highest BCUT2D eigenvalue weighted by Crippen LogP contribution is 2.24. The zero-order valence-electron chi connectivity index (χ0n) is 12.3. The Bertz CT molecular complexity index is 739. The molecule has 0 atom stereocenters. The highest BCUT2D eigenvalue weighted by molar-refractivity contribution is 6.31. The molecule has 0 saturated carbocycles. The van der Waals surface area contributed by atoms with Crippen LogP contribution in [-0.4, -0.2) is 29.5 Å². The molecule has 0 aliphatic rings. The van der Waals surface area contributed by atoms with Crippen molar-refractivity contribution in [2.24, 2.45) is 0 Å². The molecule has 2 aromatic rings. The molecule has 0 N–H and O–H groups in total. The Hall–Kier alpha value is -1.99. The van der Waals surface area contributed by atoms with Crippen LogP contribution in [0.4, 0.5) is 13.2 Å². The summed E-state index contributed by atoms with van der Waals surface area (Å²) < 4.78 is 42.4. The molecule has 0 aliphatic heterocycles. The van der Waals surface area contributed by atoms with Gasteiger partial charge in [-0.15, -0.1) is 0 Å². The molecule has 24 heavy (non-hydrogen) atoms. The van der Waals surface area contributed by atoms with Crippen LogP contribution in [0.5, 0.6) is 5.88 Å². The fraction of sp³-hybridized carbons (Fsp3) is 0.200. The number of benzene rings is 1. The lowest BCUT2D eigenvalue weighted by Gasteiger charge is -2.19. The van der Waals surface area contributed by atoms with Gasteiger partial charge in [0.15, 0.2) is 0 Å². The van der Waals surface area contributed by atoms with Crippen LogP contribution < -0.4 is 4.74 Å². The summed E-state index contributed by atoms with van der Waals surface area (Å²) in [5.74, 6) is -1.76. The first-order valence-electron chi connectivity index (χ1n) is 6.57. The number of pyridine rings is 1. The first kappa shape index (κ1) is 18.4. The van der Waals surface area contributed by atoms with Gasteiger partial charge in [-0.2, -0.15) is 8.78 Å². The number of ether oxygens (including phenoxy) is 1. The second kappa shape index (κ2) is 7.72. The highest BCUT2D eigenvalue weighted by Gasteiger charge is 2.21. The molecule has 0 unspecified atom stereocenters. The molecule has 0 spiro atoms. The summed E-state index contributed by atoms with van der Waals surface area (Å²) in [7, 11) is 1.41. The molecule has 9 heteroatoms. The maximum Gasteiger partial charge on any atom is 0.388 e. The number of hydrogen-bond acceptors (Lipinski definition) is 3. The van der Waals surface area contributed by atoms with E-state index in [0.717, 1.165) is 12.3 Å². The third-order valence-corrected chi connectivity index (χ3v) is 3.36. The number of carbonyl (C=O) groups is 1. The van der Waals surface area contributed by atoms with Crippen molar-refractivity contribution in [3.8, 4) is 5.88 Å². The molecular formula is C15H11Cl2F3N2O2. The fourth-order valence-corrected chi connectivity index (χ4v) is 2.41. The second-order valence-corrected chi connectivity index (χ2v) is 5.70. The molecule has 0 radical (unpaired) electrons. The second-order valence-electron chi connectivity index (χ2n) is 4.82. The van der Waals surface area contributed by atoms with Crippen LogP contribution in [0.25, 0.3) is 0 Å². The molecular weight excluding hydrogens is 368 g/mol. The highest BCUT2D eigenvalue weighted by atomic mass is 35.5. The minimum Gasteiger partial charge on any atom is -0.416 e. The third kappa shape index (κ3) is 4.75. The van der Waals surface area contributed by atoms with Crippen molar-refractivity contribution < 1.29 is 22.7 Å². The van der Waals surface area contributed by atoms with E-state index >= 15 is 0 Å².